The van der Waals surface area contributed by atoms with Crippen LogP contribution in [0.5, 0.6) is 0 Å². The van der Waals surface area contributed by atoms with Crippen molar-refractivity contribution in [2.75, 3.05) is 23.8 Å². The van der Waals surface area contributed by atoms with Gasteiger partial charge in [-0.1, -0.05) is 29.8 Å². The van der Waals surface area contributed by atoms with E-state index in [9.17, 15) is 9.59 Å². The highest BCUT2D eigenvalue weighted by Crippen LogP contribution is 2.17. The van der Waals surface area contributed by atoms with E-state index in [1.807, 2.05) is 0 Å². The summed E-state index contributed by atoms with van der Waals surface area (Å²) in [5.74, 6) is -0.317. The molecule has 0 fully saturated rings. The molecule has 0 atom stereocenters. The van der Waals surface area contributed by atoms with Crippen molar-refractivity contribution in [1.29, 1.82) is 0 Å². The maximum Gasteiger partial charge on any atom is 0.323 e. The number of aliphatic hydroxyl groups is 1. The second-order valence-corrected chi connectivity index (χ2v) is 5.40. The average molecular weight is 348 g/mol. The standard InChI is InChI=1S/C17H18ClN3O3/c18-12-5-3-6-13(11-12)20-17(24)21-15-8-2-1-7-14(15)16(23)19-9-4-10-22/h1-3,5-8,11,22H,4,9-10H2,(H,19,23)(H2,20,21,24). The van der Waals surface area contributed by atoms with Crippen LogP contribution in [0.3, 0.4) is 0 Å². The number of amides is 3. The molecule has 0 spiro atoms. The second-order valence-electron chi connectivity index (χ2n) is 4.97. The first kappa shape index (κ1) is 17.8. The van der Waals surface area contributed by atoms with Crippen molar-refractivity contribution in [2.45, 2.75) is 6.42 Å². The molecule has 0 bridgehead atoms. The molecule has 0 unspecified atom stereocenters. The zero-order valence-electron chi connectivity index (χ0n) is 12.9. The summed E-state index contributed by atoms with van der Waals surface area (Å²) >= 11 is 5.87. The Labute approximate surface area is 144 Å². The van der Waals surface area contributed by atoms with Crippen molar-refractivity contribution in [3.63, 3.8) is 0 Å². The Morgan fingerprint density at radius 1 is 1.04 bits per heavy atom. The summed E-state index contributed by atoms with van der Waals surface area (Å²) in [6.07, 6.45) is 0.469. The number of hydrogen-bond acceptors (Lipinski definition) is 3. The predicted octanol–water partition coefficient (Wildman–Crippen LogP) is 3.10. The van der Waals surface area contributed by atoms with Crippen molar-refractivity contribution >= 4 is 34.9 Å². The Morgan fingerprint density at radius 2 is 1.83 bits per heavy atom. The van der Waals surface area contributed by atoms with Crippen molar-refractivity contribution < 1.29 is 14.7 Å². The Hall–Kier alpha value is -2.57. The number of nitrogens with one attached hydrogen (secondary N) is 3. The van der Waals surface area contributed by atoms with Gasteiger partial charge in [0.1, 0.15) is 0 Å². The number of anilines is 2. The molecular weight excluding hydrogens is 330 g/mol. The fraction of sp³-hybridized carbons (Fsp3) is 0.176. The summed E-state index contributed by atoms with van der Waals surface area (Å²) in [7, 11) is 0. The third kappa shape index (κ3) is 5.26. The largest absolute Gasteiger partial charge is 0.396 e. The van der Waals surface area contributed by atoms with Crippen LogP contribution in [0.25, 0.3) is 0 Å². The monoisotopic (exact) mass is 347 g/mol. The number of benzene rings is 2. The Morgan fingerprint density at radius 3 is 2.58 bits per heavy atom. The molecule has 2 aromatic carbocycles. The Balaban J connectivity index is 2.03. The van der Waals surface area contributed by atoms with Crippen LogP contribution in [0.2, 0.25) is 5.02 Å². The minimum absolute atomic E-state index is 0.00220. The number of halogens is 1. The molecule has 4 N–H and O–H groups in total. The summed E-state index contributed by atoms with van der Waals surface area (Å²) < 4.78 is 0. The topological polar surface area (TPSA) is 90.5 Å². The molecule has 2 rings (SSSR count). The van der Waals surface area contributed by atoms with Gasteiger partial charge in [0.25, 0.3) is 5.91 Å². The maximum atomic E-state index is 12.1. The van der Waals surface area contributed by atoms with E-state index in [2.05, 4.69) is 16.0 Å². The highest BCUT2D eigenvalue weighted by molar-refractivity contribution is 6.30. The smallest absolute Gasteiger partial charge is 0.323 e. The van der Waals surface area contributed by atoms with Crippen molar-refractivity contribution in [3.05, 3.63) is 59.1 Å². The molecule has 0 radical (unpaired) electrons. The van der Waals surface area contributed by atoms with E-state index < -0.39 is 6.03 Å². The lowest BCUT2D eigenvalue weighted by molar-refractivity contribution is 0.0952. The van der Waals surface area contributed by atoms with Crippen LogP contribution in [0.1, 0.15) is 16.8 Å². The highest BCUT2D eigenvalue weighted by Gasteiger charge is 2.12. The molecule has 0 heterocycles. The molecule has 7 heteroatoms. The zero-order chi connectivity index (χ0) is 17.4. The molecule has 126 valence electrons. The minimum Gasteiger partial charge on any atom is -0.396 e. The first-order valence-electron chi connectivity index (χ1n) is 7.42. The van der Waals surface area contributed by atoms with Gasteiger partial charge in [-0.2, -0.15) is 0 Å². The van der Waals surface area contributed by atoms with Crippen LogP contribution in [0.15, 0.2) is 48.5 Å². The van der Waals surface area contributed by atoms with E-state index in [1.165, 1.54) is 0 Å². The predicted molar refractivity (Wildman–Crippen MR) is 94.6 cm³/mol. The molecule has 0 aromatic heterocycles. The second kappa shape index (κ2) is 8.90. The summed E-state index contributed by atoms with van der Waals surface area (Å²) in [5, 5.41) is 17.2. The molecule has 2 aromatic rings. The van der Waals surface area contributed by atoms with E-state index in [-0.39, 0.29) is 12.5 Å². The lowest BCUT2D eigenvalue weighted by atomic mass is 10.1. The lowest BCUT2D eigenvalue weighted by Gasteiger charge is -2.12. The van der Waals surface area contributed by atoms with Gasteiger partial charge in [0.05, 0.1) is 11.3 Å². The van der Waals surface area contributed by atoms with E-state index in [1.54, 1.807) is 48.5 Å². The zero-order valence-corrected chi connectivity index (χ0v) is 13.6. The van der Waals surface area contributed by atoms with Gasteiger partial charge in [-0.3, -0.25) is 4.79 Å². The molecule has 0 aliphatic heterocycles. The maximum absolute atomic E-state index is 12.1. The van der Waals surface area contributed by atoms with Crippen LogP contribution in [0, 0.1) is 0 Å². The first-order valence-corrected chi connectivity index (χ1v) is 7.79. The number of carbonyl (C=O) groups excluding carboxylic acids is 2. The highest BCUT2D eigenvalue weighted by atomic mass is 35.5. The Bertz CT molecular complexity index is 722. The number of para-hydroxylation sites is 1. The van der Waals surface area contributed by atoms with Gasteiger partial charge in [0.2, 0.25) is 0 Å². The number of hydrogen-bond donors (Lipinski definition) is 4. The summed E-state index contributed by atoms with van der Waals surface area (Å²) in [6.45, 7) is 0.362. The van der Waals surface area contributed by atoms with Gasteiger partial charge in [-0.25, -0.2) is 4.79 Å². The number of urea groups is 1. The van der Waals surface area contributed by atoms with Crippen LogP contribution in [0.4, 0.5) is 16.2 Å². The molecule has 0 aliphatic rings. The Kier molecular flexibility index (Phi) is 6.60. The molecule has 0 saturated heterocycles. The van der Waals surface area contributed by atoms with Gasteiger partial charge >= 0.3 is 6.03 Å². The number of rotatable bonds is 6. The summed E-state index contributed by atoms with van der Waals surface area (Å²) in [6, 6.07) is 13.0. The van der Waals surface area contributed by atoms with Crippen molar-refractivity contribution in [1.82, 2.24) is 5.32 Å². The summed E-state index contributed by atoms with van der Waals surface area (Å²) in [5.41, 5.74) is 1.28. The SMILES string of the molecule is O=C(Nc1cccc(Cl)c1)Nc1ccccc1C(=O)NCCCO. The van der Waals surface area contributed by atoms with Crippen LogP contribution < -0.4 is 16.0 Å². The third-order valence-electron chi connectivity index (χ3n) is 3.12. The van der Waals surface area contributed by atoms with Crippen LogP contribution >= 0.6 is 11.6 Å². The van der Waals surface area contributed by atoms with Gasteiger partial charge < -0.3 is 21.1 Å². The number of aliphatic hydroxyl groups excluding tert-OH is 1. The van der Waals surface area contributed by atoms with E-state index in [0.717, 1.165) is 0 Å². The van der Waals surface area contributed by atoms with Crippen LogP contribution in [-0.4, -0.2) is 30.2 Å². The van der Waals surface area contributed by atoms with E-state index in [4.69, 9.17) is 16.7 Å². The minimum atomic E-state index is -0.479. The molecule has 3 amide bonds. The van der Waals surface area contributed by atoms with Gasteiger partial charge in [-0.05, 0) is 36.8 Å². The first-order chi connectivity index (χ1) is 11.6. The van der Waals surface area contributed by atoms with E-state index >= 15 is 0 Å². The van der Waals surface area contributed by atoms with Gasteiger partial charge in [0, 0.05) is 23.9 Å². The molecule has 0 saturated carbocycles. The average Bonchev–Trinajstić information content (AvgIpc) is 2.55. The fourth-order valence-electron chi connectivity index (χ4n) is 2.02. The third-order valence-corrected chi connectivity index (χ3v) is 3.36. The lowest BCUT2D eigenvalue weighted by Crippen LogP contribution is -2.27. The molecule has 6 nitrogen and oxygen atoms in total. The molecule has 0 aliphatic carbocycles. The van der Waals surface area contributed by atoms with Gasteiger partial charge in [0.15, 0.2) is 0 Å². The number of carbonyl (C=O) groups is 2. The summed E-state index contributed by atoms with van der Waals surface area (Å²) in [4.78, 5) is 24.2. The van der Waals surface area contributed by atoms with Crippen molar-refractivity contribution in [3.8, 4) is 0 Å². The van der Waals surface area contributed by atoms with Crippen LogP contribution in [-0.2, 0) is 0 Å². The fourth-order valence-corrected chi connectivity index (χ4v) is 2.21. The molecule has 24 heavy (non-hydrogen) atoms. The molecular formula is C17H18ClN3O3. The van der Waals surface area contributed by atoms with Gasteiger partial charge in [-0.15, -0.1) is 0 Å². The normalized spacial score (nSPS) is 10.1. The van der Waals surface area contributed by atoms with Crippen molar-refractivity contribution in [2.24, 2.45) is 0 Å². The van der Waals surface area contributed by atoms with E-state index in [0.29, 0.717) is 34.9 Å². The quantitative estimate of drug-likeness (QED) is 0.605.